The van der Waals surface area contributed by atoms with E-state index in [2.05, 4.69) is 10.3 Å². The van der Waals surface area contributed by atoms with Crippen LogP contribution in [0, 0.1) is 0 Å². The van der Waals surface area contributed by atoms with Gasteiger partial charge < -0.3 is 14.8 Å². The number of rotatable bonds is 3. The Bertz CT molecular complexity index is 382. The van der Waals surface area contributed by atoms with E-state index in [0.717, 1.165) is 32.5 Å². The first-order valence-electron chi connectivity index (χ1n) is 6.22. The lowest BCUT2D eigenvalue weighted by molar-refractivity contribution is 0.0646. The molecule has 0 aliphatic carbocycles. The van der Waals surface area contributed by atoms with Gasteiger partial charge in [-0.25, -0.2) is 4.98 Å². The summed E-state index contributed by atoms with van der Waals surface area (Å²) in [6.45, 7) is 4.80. The average Bonchev–Trinajstić information content (AvgIpc) is 2.77. The van der Waals surface area contributed by atoms with Crippen LogP contribution in [0.4, 0.5) is 0 Å². The summed E-state index contributed by atoms with van der Waals surface area (Å²) in [5.41, 5.74) is 0.672. The summed E-state index contributed by atoms with van der Waals surface area (Å²) in [5, 5.41) is 3.32. The predicted octanol–water partition coefficient (Wildman–Crippen LogP) is 0.634. The molecule has 1 N–H and O–H groups in total. The van der Waals surface area contributed by atoms with Gasteiger partial charge in [-0.1, -0.05) is 0 Å². The second-order valence-corrected chi connectivity index (χ2v) is 4.46. The number of hydrogen-bond acceptors (Lipinski definition) is 3. The molecule has 5 heteroatoms. The van der Waals surface area contributed by atoms with Crippen LogP contribution in [-0.2, 0) is 7.05 Å². The largest absolute Gasteiger partial charge is 0.335 e. The maximum absolute atomic E-state index is 12.4. The van der Waals surface area contributed by atoms with E-state index >= 15 is 0 Å². The number of nitrogens with one attached hydrogen (secondary N) is 1. The molecule has 2 rings (SSSR count). The fourth-order valence-corrected chi connectivity index (χ4v) is 2.40. The van der Waals surface area contributed by atoms with Crippen molar-refractivity contribution in [3.63, 3.8) is 0 Å². The molecule has 1 aromatic rings. The van der Waals surface area contributed by atoms with Crippen LogP contribution >= 0.6 is 0 Å². The fraction of sp³-hybridized carbons (Fsp3) is 0.667. The van der Waals surface area contributed by atoms with E-state index in [1.807, 2.05) is 18.9 Å². The maximum Gasteiger partial charge on any atom is 0.272 e. The molecule has 0 bridgehead atoms. The van der Waals surface area contributed by atoms with Crippen molar-refractivity contribution in [3.8, 4) is 0 Å². The van der Waals surface area contributed by atoms with E-state index in [1.165, 1.54) is 0 Å². The van der Waals surface area contributed by atoms with Gasteiger partial charge in [0.25, 0.3) is 5.91 Å². The van der Waals surface area contributed by atoms with Crippen molar-refractivity contribution < 1.29 is 4.79 Å². The maximum atomic E-state index is 12.4. The highest BCUT2D eigenvalue weighted by Crippen LogP contribution is 2.14. The smallest absolute Gasteiger partial charge is 0.272 e. The average molecular weight is 236 g/mol. The fourth-order valence-electron chi connectivity index (χ4n) is 2.40. The minimum atomic E-state index is 0.0967. The number of piperidine rings is 1. The molecule has 0 unspecified atom stereocenters. The molecular formula is C12H20N4O. The van der Waals surface area contributed by atoms with E-state index in [0.29, 0.717) is 11.7 Å². The zero-order valence-electron chi connectivity index (χ0n) is 10.5. The van der Waals surface area contributed by atoms with Crippen molar-refractivity contribution in [2.45, 2.75) is 25.8 Å². The Labute approximate surface area is 102 Å². The van der Waals surface area contributed by atoms with Gasteiger partial charge >= 0.3 is 0 Å². The van der Waals surface area contributed by atoms with Gasteiger partial charge in [-0.05, 0) is 32.9 Å². The molecule has 5 nitrogen and oxygen atoms in total. The number of carbonyl (C=O) groups excluding carboxylic acids is 1. The lowest BCUT2D eigenvalue weighted by atomic mass is 10.0. The molecule has 17 heavy (non-hydrogen) atoms. The lowest BCUT2D eigenvalue weighted by Crippen LogP contribution is -2.46. The molecule has 94 valence electrons. The van der Waals surface area contributed by atoms with Crippen LogP contribution < -0.4 is 5.32 Å². The Balaban J connectivity index is 2.12. The lowest BCUT2D eigenvalue weighted by Gasteiger charge is -2.33. The third-order valence-corrected chi connectivity index (χ3v) is 3.39. The second kappa shape index (κ2) is 5.31. The van der Waals surface area contributed by atoms with Gasteiger partial charge in [0.2, 0.25) is 0 Å². The topological polar surface area (TPSA) is 50.2 Å². The van der Waals surface area contributed by atoms with Crippen LogP contribution in [-0.4, -0.2) is 46.0 Å². The van der Waals surface area contributed by atoms with Crippen molar-refractivity contribution in [2.75, 3.05) is 19.6 Å². The summed E-state index contributed by atoms with van der Waals surface area (Å²) < 4.78 is 1.78. The summed E-state index contributed by atoms with van der Waals surface area (Å²) in [6, 6.07) is 0.364. The highest BCUT2D eigenvalue weighted by atomic mass is 16.2. The van der Waals surface area contributed by atoms with Gasteiger partial charge in [0.1, 0.15) is 5.69 Å². The molecule has 1 amide bonds. The zero-order chi connectivity index (χ0) is 12.3. The number of hydrogen-bond donors (Lipinski definition) is 1. The monoisotopic (exact) mass is 236 g/mol. The first-order chi connectivity index (χ1) is 8.24. The minimum Gasteiger partial charge on any atom is -0.335 e. The predicted molar refractivity (Wildman–Crippen MR) is 65.8 cm³/mol. The normalized spacial score (nSPS) is 17.1. The first-order valence-corrected chi connectivity index (χ1v) is 6.22. The molecular weight excluding hydrogens is 216 g/mol. The quantitative estimate of drug-likeness (QED) is 0.837. The van der Waals surface area contributed by atoms with Crippen LogP contribution in [0.5, 0.6) is 0 Å². The molecule has 0 spiro atoms. The van der Waals surface area contributed by atoms with Crippen LogP contribution in [0.1, 0.15) is 30.3 Å². The number of amides is 1. The van der Waals surface area contributed by atoms with Gasteiger partial charge in [-0.15, -0.1) is 0 Å². The number of aromatic nitrogens is 2. The van der Waals surface area contributed by atoms with Crippen molar-refractivity contribution in [1.29, 1.82) is 0 Å². The highest BCUT2D eigenvalue weighted by Gasteiger charge is 2.26. The van der Waals surface area contributed by atoms with Crippen LogP contribution in [0.2, 0.25) is 0 Å². The van der Waals surface area contributed by atoms with Crippen LogP contribution in [0.15, 0.2) is 12.5 Å². The molecule has 0 saturated carbocycles. The minimum absolute atomic E-state index is 0.0967. The summed E-state index contributed by atoms with van der Waals surface area (Å²) in [4.78, 5) is 18.4. The number of imidazole rings is 1. The Kier molecular flexibility index (Phi) is 3.78. The number of nitrogens with zero attached hydrogens (tertiary/aromatic N) is 3. The summed E-state index contributed by atoms with van der Waals surface area (Å²) in [7, 11) is 1.86. The molecule has 0 radical (unpaired) electrons. The third-order valence-electron chi connectivity index (χ3n) is 3.39. The summed E-state index contributed by atoms with van der Waals surface area (Å²) >= 11 is 0. The Morgan fingerprint density at radius 2 is 2.29 bits per heavy atom. The molecule has 1 aromatic heterocycles. The zero-order valence-corrected chi connectivity index (χ0v) is 10.5. The van der Waals surface area contributed by atoms with Crippen LogP contribution in [0.25, 0.3) is 0 Å². The molecule has 1 aliphatic heterocycles. The Hall–Kier alpha value is -1.36. The van der Waals surface area contributed by atoms with E-state index in [9.17, 15) is 4.79 Å². The molecule has 1 fully saturated rings. The van der Waals surface area contributed by atoms with E-state index < -0.39 is 0 Å². The van der Waals surface area contributed by atoms with Gasteiger partial charge in [-0.2, -0.15) is 0 Å². The van der Waals surface area contributed by atoms with E-state index in [4.69, 9.17) is 0 Å². The standard InChI is InChI=1S/C12H20N4O/c1-3-16(10-4-6-13-7-5-10)12(17)11-8-14-9-15(11)2/h8-10,13H,3-7H2,1-2H3. The SMILES string of the molecule is CCN(C(=O)c1cncn1C)C1CCNCC1. The van der Waals surface area contributed by atoms with Crippen molar-refractivity contribution in [2.24, 2.45) is 7.05 Å². The number of aryl methyl sites for hydroxylation is 1. The third kappa shape index (κ3) is 2.49. The molecule has 0 atom stereocenters. The van der Waals surface area contributed by atoms with Gasteiger partial charge in [0.05, 0.1) is 12.5 Å². The van der Waals surface area contributed by atoms with Gasteiger partial charge in [0.15, 0.2) is 0 Å². The van der Waals surface area contributed by atoms with Crippen molar-refractivity contribution >= 4 is 5.91 Å². The molecule has 1 saturated heterocycles. The van der Waals surface area contributed by atoms with Crippen LogP contribution in [0.3, 0.4) is 0 Å². The summed E-state index contributed by atoms with van der Waals surface area (Å²) in [5.74, 6) is 0.0967. The molecule has 1 aliphatic rings. The van der Waals surface area contributed by atoms with E-state index in [-0.39, 0.29) is 5.91 Å². The first kappa shape index (κ1) is 12.1. The highest BCUT2D eigenvalue weighted by molar-refractivity contribution is 5.92. The van der Waals surface area contributed by atoms with Gasteiger partial charge in [0, 0.05) is 19.6 Å². The Morgan fingerprint density at radius 3 is 2.82 bits per heavy atom. The number of carbonyl (C=O) groups is 1. The Morgan fingerprint density at radius 1 is 1.59 bits per heavy atom. The van der Waals surface area contributed by atoms with Crippen molar-refractivity contribution in [3.05, 3.63) is 18.2 Å². The van der Waals surface area contributed by atoms with E-state index in [1.54, 1.807) is 17.1 Å². The molecule has 2 heterocycles. The summed E-state index contributed by atoms with van der Waals surface area (Å²) in [6.07, 6.45) is 5.39. The molecule has 0 aromatic carbocycles. The van der Waals surface area contributed by atoms with Gasteiger partial charge in [-0.3, -0.25) is 4.79 Å². The second-order valence-electron chi connectivity index (χ2n) is 4.46. The van der Waals surface area contributed by atoms with Crippen molar-refractivity contribution in [1.82, 2.24) is 19.8 Å².